The SMILES string of the molecule is [Y].[Y].[c-]1ccccc1Nc1[c-]cccc1. The van der Waals surface area contributed by atoms with E-state index in [1.54, 1.807) is 0 Å². The molecule has 1 N–H and O–H groups in total. The molecule has 0 saturated heterocycles. The maximum atomic E-state index is 3.19. The summed E-state index contributed by atoms with van der Waals surface area (Å²) in [6, 6.07) is 21.7. The van der Waals surface area contributed by atoms with Crippen LogP contribution in [0.25, 0.3) is 0 Å². The minimum atomic E-state index is 0. The van der Waals surface area contributed by atoms with E-state index in [1.165, 1.54) is 0 Å². The van der Waals surface area contributed by atoms with Gasteiger partial charge >= 0.3 is 0 Å². The molecule has 2 aromatic rings. The van der Waals surface area contributed by atoms with Gasteiger partial charge in [-0.2, -0.15) is 48.5 Å². The Morgan fingerprint density at radius 2 is 1.20 bits per heavy atom. The van der Waals surface area contributed by atoms with Crippen molar-refractivity contribution in [1.29, 1.82) is 0 Å². The van der Waals surface area contributed by atoms with Crippen molar-refractivity contribution in [2.45, 2.75) is 0 Å². The first-order valence-corrected chi connectivity index (χ1v) is 4.15. The Labute approximate surface area is 141 Å². The quantitative estimate of drug-likeness (QED) is 0.826. The molecular weight excluding hydrogens is 336 g/mol. The first-order valence-electron chi connectivity index (χ1n) is 4.15. The summed E-state index contributed by atoms with van der Waals surface area (Å²) in [6.45, 7) is 0. The fourth-order valence-corrected chi connectivity index (χ4v) is 1.09. The van der Waals surface area contributed by atoms with Gasteiger partial charge in [0, 0.05) is 65.4 Å². The molecule has 1 nitrogen and oxygen atoms in total. The molecule has 3 heteroatoms. The summed E-state index contributed by atoms with van der Waals surface area (Å²) in [7, 11) is 0. The smallest absolute Gasteiger partial charge is 0 e. The zero-order valence-electron chi connectivity index (χ0n) is 8.27. The van der Waals surface area contributed by atoms with Crippen LogP contribution in [-0.4, -0.2) is 0 Å². The van der Waals surface area contributed by atoms with Crippen LogP contribution >= 0.6 is 0 Å². The second-order valence-electron chi connectivity index (χ2n) is 2.68. The van der Waals surface area contributed by atoms with Gasteiger partial charge in [0.25, 0.3) is 0 Å². The molecule has 2 radical (unpaired) electrons. The van der Waals surface area contributed by atoms with E-state index < -0.39 is 0 Å². The van der Waals surface area contributed by atoms with E-state index in [-0.39, 0.29) is 65.4 Å². The van der Waals surface area contributed by atoms with Crippen molar-refractivity contribution >= 4 is 11.4 Å². The van der Waals surface area contributed by atoms with E-state index in [0.29, 0.717) is 0 Å². The fraction of sp³-hybridized carbons (Fsp3) is 0. The van der Waals surface area contributed by atoms with Crippen LogP contribution in [0.4, 0.5) is 11.4 Å². The van der Waals surface area contributed by atoms with Gasteiger partial charge in [-0.15, -0.1) is 12.1 Å². The Kier molecular flexibility index (Phi) is 8.84. The van der Waals surface area contributed by atoms with E-state index in [4.69, 9.17) is 0 Å². The van der Waals surface area contributed by atoms with Crippen molar-refractivity contribution < 1.29 is 65.4 Å². The standard InChI is InChI=1S/C12H9N.2Y/c1-3-7-11(8-4-1)13-12-9-5-2-6-10-12;;/h1-7,9,13H;;/q-2;;. The Bertz CT molecular complexity index is 324. The summed E-state index contributed by atoms with van der Waals surface area (Å²) in [5.41, 5.74) is 1.93. The van der Waals surface area contributed by atoms with Gasteiger partial charge in [0.15, 0.2) is 0 Å². The normalized spacial score (nSPS) is 8.27. The van der Waals surface area contributed by atoms with Gasteiger partial charge < -0.3 is 5.32 Å². The number of hydrogen-bond donors (Lipinski definition) is 1. The predicted octanol–water partition coefficient (Wildman–Crippen LogP) is 3.03. The Morgan fingerprint density at radius 3 is 1.53 bits per heavy atom. The Balaban J connectivity index is 0.000000980. The molecule has 0 aromatic heterocycles. The maximum absolute atomic E-state index is 3.19. The third-order valence-electron chi connectivity index (χ3n) is 1.69. The molecule has 15 heavy (non-hydrogen) atoms. The second kappa shape index (κ2) is 8.58. The molecule has 2 aromatic carbocycles. The maximum Gasteiger partial charge on any atom is 0 e. The van der Waals surface area contributed by atoms with Crippen molar-refractivity contribution in [2.75, 3.05) is 5.32 Å². The number of hydrogen-bond acceptors (Lipinski definition) is 1. The van der Waals surface area contributed by atoms with Crippen LogP contribution in [0.5, 0.6) is 0 Å². The molecule has 2 rings (SSSR count). The van der Waals surface area contributed by atoms with Crippen molar-refractivity contribution in [3.63, 3.8) is 0 Å². The molecule has 0 amide bonds. The summed E-state index contributed by atoms with van der Waals surface area (Å²) in [5.74, 6) is 0. The molecule has 0 saturated carbocycles. The summed E-state index contributed by atoms with van der Waals surface area (Å²) in [6.07, 6.45) is 0. The molecule has 0 spiro atoms. The van der Waals surface area contributed by atoms with Crippen molar-refractivity contribution in [2.24, 2.45) is 0 Å². The molecule has 0 bridgehead atoms. The largest absolute Gasteiger partial charge is 0.401 e. The second-order valence-corrected chi connectivity index (χ2v) is 2.68. The average Bonchev–Trinajstić information content (AvgIpc) is 2.21. The van der Waals surface area contributed by atoms with E-state index in [9.17, 15) is 0 Å². The predicted molar refractivity (Wildman–Crippen MR) is 53.8 cm³/mol. The van der Waals surface area contributed by atoms with Crippen molar-refractivity contribution in [3.05, 3.63) is 60.7 Å². The number of benzene rings is 2. The summed E-state index contributed by atoms with van der Waals surface area (Å²) < 4.78 is 0. The average molecular weight is 345 g/mol. The van der Waals surface area contributed by atoms with Crippen LogP contribution in [0.15, 0.2) is 48.5 Å². The van der Waals surface area contributed by atoms with Gasteiger partial charge in [-0.05, 0) is 0 Å². The fourth-order valence-electron chi connectivity index (χ4n) is 1.09. The molecule has 0 heterocycles. The zero-order valence-corrected chi connectivity index (χ0v) is 14.0. The van der Waals surface area contributed by atoms with Crippen molar-refractivity contribution in [3.8, 4) is 0 Å². The number of rotatable bonds is 2. The number of para-hydroxylation sites is 2. The van der Waals surface area contributed by atoms with Gasteiger partial charge in [-0.1, -0.05) is 11.4 Å². The summed E-state index contributed by atoms with van der Waals surface area (Å²) in [5, 5.41) is 3.19. The molecule has 0 aliphatic carbocycles. The number of nitrogens with one attached hydrogen (secondary N) is 1. The minimum absolute atomic E-state index is 0. The van der Waals surface area contributed by atoms with Gasteiger partial charge in [0.05, 0.1) is 0 Å². The molecule has 0 atom stereocenters. The number of anilines is 2. The Hall–Kier alpha value is 0.448. The first-order chi connectivity index (χ1) is 6.45. The van der Waals surface area contributed by atoms with E-state index in [1.807, 2.05) is 48.5 Å². The summed E-state index contributed by atoms with van der Waals surface area (Å²) >= 11 is 0. The first kappa shape index (κ1) is 15.4. The van der Waals surface area contributed by atoms with Gasteiger partial charge in [0.2, 0.25) is 0 Å². The Morgan fingerprint density at radius 1 is 0.733 bits per heavy atom. The minimum Gasteiger partial charge on any atom is -0.401 e. The third kappa shape index (κ3) is 5.35. The zero-order chi connectivity index (χ0) is 8.93. The van der Waals surface area contributed by atoms with E-state index in [2.05, 4.69) is 17.4 Å². The molecule has 0 aliphatic rings. The monoisotopic (exact) mass is 345 g/mol. The van der Waals surface area contributed by atoms with Crippen LogP contribution in [0.2, 0.25) is 0 Å². The molecule has 0 fully saturated rings. The van der Waals surface area contributed by atoms with Gasteiger partial charge in [0.1, 0.15) is 0 Å². The van der Waals surface area contributed by atoms with Crippen LogP contribution in [0, 0.1) is 12.1 Å². The van der Waals surface area contributed by atoms with Crippen LogP contribution in [0.1, 0.15) is 0 Å². The summed E-state index contributed by atoms with van der Waals surface area (Å²) in [4.78, 5) is 0. The molecule has 0 unspecified atom stereocenters. The topological polar surface area (TPSA) is 12.0 Å². The van der Waals surface area contributed by atoms with Crippen LogP contribution in [0.3, 0.4) is 0 Å². The van der Waals surface area contributed by atoms with Crippen LogP contribution in [-0.2, 0) is 65.4 Å². The van der Waals surface area contributed by atoms with E-state index >= 15 is 0 Å². The van der Waals surface area contributed by atoms with Crippen molar-refractivity contribution in [1.82, 2.24) is 0 Å². The van der Waals surface area contributed by atoms with Gasteiger partial charge in [-0.25, -0.2) is 0 Å². The third-order valence-corrected chi connectivity index (χ3v) is 1.69. The van der Waals surface area contributed by atoms with E-state index in [0.717, 1.165) is 11.4 Å². The molecular formula is C12H9NY2-2. The molecule has 70 valence electrons. The van der Waals surface area contributed by atoms with Gasteiger partial charge in [-0.3, -0.25) is 0 Å². The molecule has 0 aliphatic heterocycles. The van der Waals surface area contributed by atoms with Crippen LogP contribution < -0.4 is 5.32 Å².